The van der Waals surface area contributed by atoms with Crippen molar-refractivity contribution in [3.63, 3.8) is 0 Å². The van der Waals surface area contributed by atoms with Gasteiger partial charge < -0.3 is 10.3 Å². The molecule has 4 heteroatoms. The van der Waals surface area contributed by atoms with E-state index in [9.17, 15) is 4.79 Å². The Labute approximate surface area is 121 Å². The van der Waals surface area contributed by atoms with Gasteiger partial charge in [-0.05, 0) is 55.1 Å². The number of carbonyl (C=O) groups is 1. The summed E-state index contributed by atoms with van der Waals surface area (Å²) < 4.78 is 0. The molecule has 0 atom stereocenters. The fourth-order valence-electron chi connectivity index (χ4n) is 2.15. The van der Waals surface area contributed by atoms with Gasteiger partial charge in [-0.2, -0.15) is 0 Å². The summed E-state index contributed by atoms with van der Waals surface area (Å²) in [5.41, 5.74) is 2.27. The fraction of sp³-hybridized carbons (Fsp3) is 0.188. The second-order valence-corrected chi connectivity index (χ2v) is 6.16. The molecule has 0 bridgehead atoms. The normalized spacial score (nSPS) is 11.2. The van der Waals surface area contributed by atoms with Gasteiger partial charge in [-0.15, -0.1) is 11.3 Å². The van der Waals surface area contributed by atoms with Crippen molar-refractivity contribution in [3.05, 3.63) is 47.5 Å². The second kappa shape index (κ2) is 5.13. The highest BCUT2D eigenvalue weighted by atomic mass is 32.1. The van der Waals surface area contributed by atoms with Crippen LogP contribution in [-0.2, 0) is 0 Å². The van der Waals surface area contributed by atoms with Crippen molar-refractivity contribution in [2.45, 2.75) is 19.9 Å². The maximum absolute atomic E-state index is 12.0. The molecule has 0 saturated heterocycles. The van der Waals surface area contributed by atoms with Crippen LogP contribution in [0.4, 0.5) is 0 Å². The zero-order valence-corrected chi connectivity index (χ0v) is 12.3. The molecule has 0 aliphatic heterocycles. The molecule has 3 nitrogen and oxygen atoms in total. The summed E-state index contributed by atoms with van der Waals surface area (Å²) >= 11 is 1.52. The number of hydrogen-bond acceptors (Lipinski definition) is 2. The van der Waals surface area contributed by atoms with Crippen LogP contribution in [0, 0.1) is 0 Å². The maximum Gasteiger partial charge on any atom is 0.261 e. The number of amides is 1. The summed E-state index contributed by atoms with van der Waals surface area (Å²) in [6.45, 7) is 3.93. The second-order valence-electron chi connectivity index (χ2n) is 5.07. The number of rotatable bonds is 3. The molecule has 0 spiro atoms. The lowest BCUT2D eigenvalue weighted by Crippen LogP contribution is -2.29. The molecule has 1 aromatic carbocycles. The number of aromatic amines is 1. The van der Waals surface area contributed by atoms with Crippen LogP contribution < -0.4 is 5.32 Å². The largest absolute Gasteiger partial charge is 0.361 e. The van der Waals surface area contributed by atoms with Crippen molar-refractivity contribution in [2.24, 2.45) is 0 Å². The summed E-state index contributed by atoms with van der Waals surface area (Å²) in [6.07, 6.45) is 1.93. The van der Waals surface area contributed by atoms with E-state index in [0.717, 1.165) is 20.8 Å². The zero-order chi connectivity index (χ0) is 14.1. The van der Waals surface area contributed by atoms with Gasteiger partial charge in [0.2, 0.25) is 0 Å². The van der Waals surface area contributed by atoms with Crippen LogP contribution in [0.1, 0.15) is 23.5 Å². The minimum atomic E-state index is -0.000951. The van der Waals surface area contributed by atoms with Crippen LogP contribution in [0.15, 0.2) is 42.6 Å². The summed E-state index contributed by atoms with van der Waals surface area (Å²) in [5.74, 6) is -0.000951. The summed E-state index contributed by atoms with van der Waals surface area (Å²) in [5, 5.41) is 4.10. The minimum Gasteiger partial charge on any atom is -0.361 e. The molecule has 1 amide bonds. The van der Waals surface area contributed by atoms with Gasteiger partial charge in [-0.1, -0.05) is 6.07 Å². The first-order chi connectivity index (χ1) is 9.63. The van der Waals surface area contributed by atoms with E-state index in [1.807, 2.05) is 32.2 Å². The number of benzene rings is 1. The number of carbonyl (C=O) groups excluding carboxylic acids is 1. The number of thiophene rings is 1. The van der Waals surface area contributed by atoms with Gasteiger partial charge in [0, 0.05) is 22.6 Å². The van der Waals surface area contributed by atoms with Crippen LogP contribution in [0.5, 0.6) is 0 Å². The van der Waals surface area contributed by atoms with Crippen LogP contribution in [0.25, 0.3) is 21.3 Å². The third-order valence-electron chi connectivity index (χ3n) is 3.09. The lowest BCUT2D eigenvalue weighted by Gasteiger charge is -2.05. The molecule has 0 aliphatic carbocycles. The standard InChI is InChI=1S/C16H16N2OS/c1-10(2)18-16(19)15-6-5-14(20-15)12-3-4-13-11(9-12)7-8-17-13/h3-10,17H,1-2H3,(H,18,19). The molecule has 2 heterocycles. The average Bonchev–Trinajstić information content (AvgIpc) is 3.06. The Morgan fingerprint density at radius 3 is 2.85 bits per heavy atom. The molecule has 0 saturated carbocycles. The maximum atomic E-state index is 12.0. The molecule has 102 valence electrons. The Hall–Kier alpha value is -2.07. The van der Waals surface area contributed by atoms with Gasteiger partial charge in [0.1, 0.15) is 0 Å². The summed E-state index contributed by atoms with van der Waals surface area (Å²) in [4.78, 5) is 17.0. The third kappa shape index (κ3) is 2.47. The van der Waals surface area contributed by atoms with Gasteiger partial charge in [0.05, 0.1) is 4.88 Å². The molecule has 0 fully saturated rings. The molecule has 0 aliphatic rings. The third-order valence-corrected chi connectivity index (χ3v) is 4.22. The van der Waals surface area contributed by atoms with E-state index < -0.39 is 0 Å². The number of fused-ring (bicyclic) bond motifs is 1. The van der Waals surface area contributed by atoms with Crippen LogP contribution >= 0.6 is 11.3 Å². The Morgan fingerprint density at radius 2 is 2.05 bits per heavy atom. The lowest BCUT2D eigenvalue weighted by molar-refractivity contribution is 0.0947. The topological polar surface area (TPSA) is 44.9 Å². The highest BCUT2D eigenvalue weighted by molar-refractivity contribution is 7.17. The van der Waals surface area contributed by atoms with E-state index in [-0.39, 0.29) is 11.9 Å². The quantitative estimate of drug-likeness (QED) is 0.749. The molecule has 2 aromatic heterocycles. The molecule has 20 heavy (non-hydrogen) atoms. The van der Waals surface area contributed by atoms with Crippen molar-refractivity contribution in [3.8, 4) is 10.4 Å². The molecule has 3 rings (SSSR count). The van der Waals surface area contributed by atoms with E-state index in [2.05, 4.69) is 34.6 Å². The summed E-state index contributed by atoms with van der Waals surface area (Å²) in [6, 6.07) is 12.4. The fourth-order valence-corrected chi connectivity index (χ4v) is 3.06. The Bertz CT molecular complexity index is 755. The van der Waals surface area contributed by atoms with Crippen molar-refractivity contribution in [1.82, 2.24) is 10.3 Å². The van der Waals surface area contributed by atoms with Crippen molar-refractivity contribution < 1.29 is 4.79 Å². The van der Waals surface area contributed by atoms with Gasteiger partial charge in [-0.25, -0.2) is 0 Å². The highest BCUT2D eigenvalue weighted by Crippen LogP contribution is 2.30. The van der Waals surface area contributed by atoms with Crippen molar-refractivity contribution in [1.29, 1.82) is 0 Å². The number of H-pyrrole nitrogens is 1. The predicted molar refractivity (Wildman–Crippen MR) is 84.2 cm³/mol. The first-order valence-corrected chi connectivity index (χ1v) is 7.43. The first kappa shape index (κ1) is 12.9. The minimum absolute atomic E-state index is 0.000951. The molecule has 2 N–H and O–H groups in total. The van der Waals surface area contributed by atoms with E-state index in [1.54, 1.807) is 0 Å². The Kier molecular flexibility index (Phi) is 3.32. The lowest BCUT2D eigenvalue weighted by atomic mass is 10.1. The van der Waals surface area contributed by atoms with Gasteiger partial charge in [-0.3, -0.25) is 4.79 Å². The van der Waals surface area contributed by atoms with Crippen LogP contribution in [0.3, 0.4) is 0 Å². The van der Waals surface area contributed by atoms with Crippen LogP contribution in [0.2, 0.25) is 0 Å². The van der Waals surface area contributed by atoms with E-state index in [0.29, 0.717) is 0 Å². The Morgan fingerprint density at radius 1 is 1.20 bits per heavy atom. The van der Waals surface area contributed by atoms with Gasteiger partial charge >= 0.3 is 0 Å². The highest BCUT2D eigenvalue weighted by Gasteiger charge is 2.11. The first-order valence-electron chi connectivity index (χ1n) is 6.62. The molecule has 0 radical (unpaired) electrons. The van der Waals surface area contributed by atoms with Crippen molar-refractivity contribution >= 4 is 28.1 Å². The average molecular weight is 284 g/mol. The molecular formula is C16H16N2OS. The monoisotopic (exact) mass is 284 g/mol. The number of nitrogens with one attached hydrogen (secondary N) is 2. The van der Waals surface area contributed by atoms with E-state index in [1.165, 1.54) is 16.7 Å². The van der Waals surface area contributed by atoms with Crippen molar-refractivity contribution in [2.75, 3.05) is 0 Å². The van der Waals surface area contributed by atoms with Gasteiger partial charge in [0.25, 0.3) is 5.91 Å². The van der Waals surface area contributed by atoms with Gasteiger partial charge in [0.15, 0.2) is 0 Å². The summed E-state index contributed by atoms with van der Waals surface area (Å²) in [7, 11) is 0. The Balaban J connectivity index is 1.90. The smallest absolute Gasteiger partial charge is 0.261 e. The molecular weight excluding hydrogens is 268 g/mol. The zero-order valence-electron chi connectivity index (χ0n) is 11.4. The van der Waals surface area contributed by atoms with E-state index >= 15 is 0 Å². The molecule has 3 aromatic rings. The van der Waals surface area contributed by atoms with E-state index in [4.69, 9.17) is 0 Å². The number of aromatic nitrogens is 1. The predicted octanol–water partition coefficient (Wildman–Crippen LogP) is 4.03. The van der Waals surface area contributed by atoms with Crippen LogP contribution in [-0.4, -0.2) is 16.9 Å². The number of hydrogen-bond donors (Lipinski definition) is 2. The SMILES string of the molecule is CC(C)NC(=O)c1ccc(-c2ccc3[nH]ccc3c2)s1. The molecule has 0 unspecified atom stereocenters.